The van der Waals surface area contributed by atoms with E-state index >= 15 is 0 Å². The number of rotatable bonds is 8. The molecule has 1 aliphatic rings. The molecule has 0 saturated carbocycles. The number of fused-ring (bicyclic) bond motifs is 1. The maximum atomic E-state index is 13.8. The van der Waals surface area contributed by atoms with Crippen molar-refractivity contribution in [3.05, 3.63) is 83.0 Å². The van der Waals surface area contributed by atoms with Crippen molar-refractivity contribution < 1.29 is 24.1 Å². The van der Waals surface area contributed by atoms with Gasteiger partial charge in [0.1, 0.15) is 11.8 Å². The normalized spacial score (nSPS) is 15.3. The lowest BCUT2D eigenvalue weighted by molar-refractivity contribution is -0.139. The molecule has 0 saturated heterocycles. The van der Waals surface area contributed by atoms with E-state index in [0.717, 1.165) is 0 Å². The second kappa shape index (κ2) is 11.4. The number of para-hydroxylation sites is 1. The minimum absolute atomic E-state index is 0.0114. The molecule has 3 aromatic rings. The van der Waals surface area contributed by atoms with Gasteiger partial charge in [-0.05, 0) is 73.5 Å². The van der Waals surface area contributed by atoms with Crippen molar-refractivity contribution in [3.8, 4) is 17.2 Å². The molecule has 1 aliphatic heterocycles. The number of aromatic nitrogens is 1. The number of halogens is 1. The summed E-state index contributed by atoms with van der Waals surface area (Å²) in [5, 5.41) is 10.3. The quantitative estimate of drug-likeness (QED) is 0.399. The summed E-state index contributed by atoms with van der Waals surface area (Å²) < 4.78 is 19.1. The topological polar surface area (TPSA) is 99.4 Å². The number of hydrogen-bond acceptors (Lipinski definition) is 8. The molecule has 1 N–H and O–H groups in total. The fourth-order valence-corrected chi connectivity index (χ4v) is 5.68. The van der Waals surface area contributed by atoms with E-state index in [1.54, 1.807) is 32.1 Å². The van der Waals surface area contributed by atoms with Crippen LogP contribution in [-0.2, 0) is 9.53 Å². The fourth-order valence-electron chi connectivity index (χ4n) is 4.17. The Labute approximate surface area is 226 Å². The summed E-state index contributed by atoms with van der Waals surface area (Å²) in [6.45, 7) is 8.17. The average Bonchev–Trinajstić information content (AvgIpc) is 3.16. The van der Waals surface area contributed by atoms with Crippen LogP contribution in [0.1, 0.15) is 44.9 Å². The number of benzene rings is 2. The number of aromatic hydroxyl groups is 1. The summed E-state index contributed by atoms with van der Waals surface area (Å²) >= 11 is 4.56. The van der Waals surface area contributed by atoms with Crippen molar-refractivity contribution in [2.75, 3.05) is 19.8 Å². The highest BCUT2D eigenvalue weighted by Crippen LogP contribution is 2.37. The van der Waals surface area contributed by atoms with Gasteiger partial charge in [0.05, 0.1) is 40.1 Å². The third-order valence-corrected chi connectivity index (χ3v) is 7.27. The lowest BCUT2D eigenvalue weighted by Crippen LogP contribution is -2.40. The number of nitrogens with zero attached hydrogens (tertiary/aromatic N) is 2. The second-order valence-electron chi connectivity index (χ2n) is 8.06. The molecule has 0 aliphatic carbocycles. The van der Waals surface area contributed by atoms with Crippen LogP contribution in [0.15, 0.2) is 61.9 Å². The molecule has 1 aromatic heterocycles. The van der Waals surface area contributed by atoms with Gasteiger partial charge in [0.25, 0.3) is 5.56 Å². The predicted octanol–water partition coefficient (Wildman–Crippen LogP) is 4.06. The number of esters is 1. The molecule has 2 aromatic carbocycles. The Kier molecular flexibility index (Phi) is 8.19. The number of carbonyl (C=O) groups is 1. The van der Waals surface area contributed by atoms with Crippen LogP contribution in [0, 0.1) is 0 Å². The van der Waals surface area contributed by atoms with E-state index in [-0.39, 0.29) is 17.9 Å². The Morgan fingerprint density at radius 2 is 1.84 bits per heavy atom. The van der Waals surface area contributed by atoms with Gasteiger partial charge in [-0.2, -0.15) is 0 Å². The van der Waals surface area contributed by atoms with Gasteiger partial charge in [-0.15, -0.1) is 0 Å². The first-order valence-electron chi connectivity index (χ1n) is 11.9. The first kappa shape index (κ1) is 26.7. The van der Waals surface area contributed by atoms with E-state index in [2.05, 4.69) is 20.9 Å². The van der Waals surface area contributed by atoms with Gasteiger partial charge in [-0.25, -0.2) is 9.79 Å². The van der Waals surface area contributed by atoms with Crippen LogP contribution in [0.2, 0.25) is 0 Å². The minimum atomic E-state index is -0.772. The van der Waals surface area contributed by atoms with Gasteiger partial charge in [0.15, 0.2) is 16.3 Å². The van der Waals surface area contributed by atoms with Crippen LogP contribution in [0.3, 0.4) is 0 Å². The number of thiazole rings is 1. The molecular formula is C27H27BrN2O6S. The van der Waals surface area contributed by atoms with Gasteiger partial charge < -0.3 is 19.3 Å². The maximum absolute atomic E-state index is 13.8. The molecule has 10 heteroatoms. The number of hydrogen-bond donors (Lipinski definition) is 1. The van der Waals surface area contributed by atoms with Crippen LogP contribution in [0.4, 0.5) is 0 Å². The van der Waals surface area contributed by atoms with Crippen molar-refractivity contribution in [2.45, 2.75) is 33.7 Å². The van der Waals surface area contributed by atoms with Gasteiger partial charge in [-0.1, -0.05) is 29.5 Å². The summed E-state index contributed by atoms with van der Waals surface area (Å²) in [6, 6.07) is 9.94. The summed E-state index contributed by atoms with van der Waals surface area (Å²) in [5.41, 5.74) is 1.79. The fraction of sp³-hybridized carbons (Fsp3) is 0.296. The van der Waals surface area contributed by atoms with Crippen LogP contribution in [0.5, 0.6) is 17.2 Å². The highest BCUT2D eigenvalue weighted by Gasteiger charge is 2.35. The zero-order valence-corrected chi connectivity index (χ0v) is 23.3. The second-order valence-corrected chi connectivity index (χ2v) is 9.92. The maximum Gasteiger partial charge on any atom is 0.338 e. The summed E-state index contributed by atoms with van der Waals surface area (Å²) in [5.74, 6) is 0.339. The van der Waals surface area contributed by atoms with E-state index in [4.69, 9.17) is 14.2 Å². The number of phenolic OH excluding ortho intramolecular Hbond substituents is 1. The molecule has 0 amide bonds. The van der Waals surface area contributed by atoms with Crippen LogP contribution in [-0.4, -0.2) is 35.5 Å². The van der Waals surface area contributed by atoms with Gasteiger partial charge in [0, 0.05) is 5.56 Å². The highest BCUT2D eigenvalue weighted by atomic mass is 79.9. The minimum Gasteiger partial charge on any atom is -0.503 e. The third kappa shape index (κ3) is 5.21. The Morgan fingerprint density at radius 1 is 1.14 bits per heavy atom. The predicted molar refractivity (Wildman–Crippen MR) is 145 cm³/mol. The Hall–Kier alpha value is -3.37. The van der Waals surface area contributed by atoms with Crippen molar-refractivity contribution in [2.24, 2.45) is 4.99 Å². The molecule has 4 rings (SSSR count). The summed E-state index contributed by atoms with van der Waals surface area (Å²) in [6.07, 6.45) is 1.71. The van der Waals surface area contributed by atoms with E-state index in [1.165, 1.54) is 15.9 Å². The molecule has 0 spiro atoms. The smallest absolute Gasteiger partial charge is 0.338 e. The summed E-state index contributed by atoms with van der Waals surface area (Å²) in [7, 11) is 0. The molecule has 0 unspecified atom stereocenters. The molecule has 37 heavy (non-hydrogen) atoms. The number of phenols is 1. The van der Waals surface area contributed by atoms with Crippen LogP contribution >= 0.6 is 27.3 Å². The zero-order valence-electron chi connectivity index (χ0n) is 20.9. The number of ether oxygens (including phenoxy) is 3. The average molecular weight is 587 g/mol. The first-order valence-corrected chi connectivity index (χ1v) is 13.5. The lowest BCUT2D eigenvalue weighted by atomic mass is 9.95. The van der Waals surface area contributed by atoms with E-state index in [0.29, 0.717) is 60.9 Å². The van der Waals surface area contributed by atoms with Gasteiger partial charge in [0.2, 0.25) is 0 Å². The largest absolute Gasteiger partial charge is 0.503 e. The van der Waals surface area contributed by atoms with Crippen molar-refractivity contribution in [3.63, 3.8) is 0 Å². The first-order chi connectivity index (χ1) is 17.8. The standard InChI is InChI=1S/C27H27BrN2O6S/c1-5-34-19-11-9-8-10-17(19)23-22(26(33)36-7-3)15(4)29-27-30(23)25(32)21(37-27)14-16-12-18(28)24(31)20(13-16)35-6-2/h8-14,23,31H,5-7H2,1-4H3/t23-/m1/s1. The highest BCUT2D eigenvalue weighted by molar-refractivity contribution is 9.10. The monoisotopic (exact) mass is 586 g/mol. The molecule has 194 valence electrons. The molecule has 0 bridgehead atoms. The van der Waals surface area contributed by atoms with E-state index in [9.17, 15) is 14.7 Å². The molecule has 0 fully saturated rings. The van der Waals surface area contributed by atoms with Crippen LogP contribution in [0.25, 0.3) is 6.08 Å². The van der Waals surface area contributed by atoms with Crippen molar-refractivity contribution in [1.29, 1.82) is 0 Å². The third-order valence-electron chi connectivity index (χ3n) is 5.68. The van der Waals surface area contributed by atoms with Crippen molar-refractivity contribution in [1.82, 2.24) is 4.57 Å². The van der Waals surface area contributed by atoms with Gasteiger partial charge in [-0.3, -0.25) is 9.36 Å². The van der Waals surface area contributed by atoms with Crippen LogP contribution < -0.4 is 24.4 Å². The molecule has 0 radical (unpaired) electrons. The molecular weight excluding hydrogens is 560 g/mol. The number of allylic oxidation sites excluding steroid dienone is 1. The SMILES string of the molecule is CCOC(=O)C1=C(C)N=c2sc(=Cc3cc(Br)c(O)c(OCC)c3)c(=O)n2[C@@H]1c1ccccc1OCC. The van der Waals surface area contributed by atoms with E-state index < -0.39 is 12.0 Å². The van der Waals surface area contributed by atoms with E-state index in [1.807, 2.05) is 38.1 Å². The molecule has 8 nitrogen and oxygen atoms in total. The Balaban J connectivity index is 1.97. The summed E-state index contributed by atoms with van der Waals surface area (Å²) in [4.78, 5) is 32.0. The lowest BCUT2D eigenvalue weighted by Gasteiger charge is -2.26. The van der Waals surface area contributed by atoms with Gasteiger partial charge >= 0.3 is 5.97 Å². The Bertz CT molecular complexity index is 1560. The molecule has 2 heterocycles. The Morgan fingerprint density at radius 3 is 2.54 bits per heavy atom. The van der Waals surface area contributed by atoms with Crippen molar-refractivity contribution >= 4 is 39.3 Å². The zero-order chi connectivity index (χ0) is 26.7. The number of carbonyl (C=O) groups excluding carboxylic acids is 1. The molecule has 1 atom stereocenters.